The molecule has 1 heterocycles. The second-order valence-electron chi connectivity index (χ2n) is 8.70. The molecule has 0 unspecified atom stereocenters. The maximum absolute atomic E-state index is 14.3. The Hall–Kier alpha value is -4.80. The average Bonchev–Trinajstić information content (AvgIpc) is 2.95. The quantitative estimate of drug-likeness (QED) is 0.380. The first-order chi connectivity index (χ1) is 18.8. The van der Waals surface area contributed by atoms with Crippen LogP contribution in [0.25, 0.3) is 0 Å². The minimum absolute atomic E-state index is 0.0271. The van der Waals surface area contributed by atoms with Crippen LogP contribution in [0.3, 0.4) is 0 Å². The molecular formula is C28H28FN3O7. The normalized spacial score (nSPS) is 16.2. The van der Waals surface area contributed by atoms with Crippen molar-refractivity contribution in [1.29, 1.82) is 0 Å². The molecule has 1 fully saturated rings. The minimum atomic E-state index is -1.16. The zero-order valence-electron chi connectivity index (χ0n) is 21.6. The maximum Gasteiger partial charge on any atom is 0.408 e. The number of primary amides is 1. The number of benzene rings is 3. The van der Waals surface area contributed by atoms with Crippen molar-refractivity contribution < 1.29 is 37.7 Å². The summed E-state index contributed by atoms with van der Waals surface area (Å²) in [7, 11) is 4.45. The second-order valence-corrected chi connectivity index (χ2v) is 8.70. The predicted molar refractivity (Wildman–Crippen MR) is 138 cm³/mol. The summed E-state index contributed by atoms with van der Waals surface area (Å²) in [5.74, 6) is -0.301. The van der Waals surface area contributed by atoms with Gasteiger partial charge >= 0.3 is 6.09 Å². The van der Waals surface area contributed by atoms with Gasteiger partial charge in [0.15, 0.2) is 11.5 Å². The van der Waals surface area contributed by atoms with E-state index < -0.39 is 35.9 Å². The smallest absolute Gasteiger partial charge is 0.408 e. The number of methoxy groups -OCH3 is 3. The number of hydrogen-bond acceptors (Lipinski definition) is 7. The van der Waals surface area contributed by atoms with Crippen molar-refractivity contribution >= 4 is 17.9 Å². The molecule has 11 heteroatoms. The van der Waals surface area contributed by atoms with E-state index >= 15 is 0 Å². The van der Waals surface area contributed by atoms with E-state index in [4.69, 9.17) is 24.7 Å². The van der Waals surface area contributed by atoms with Crippen LogP contribution < -0.4 is 25.3 Å². The summed E-state index contributed by atoms with van der Waals surface area (Å²) in [4.78, 5) is 38.7. The van der Waals surface area contributed by atoms with E-state index in [0.717, 1.165) is 0 Å². The van der Waals surface area contributed by atoms with E-state index in [2.05, 4.69) is 5.32 Å². The van der Waals surface area contributed by atoms with Crippen LogP contribution in [0, 0.1) is 5.82 Å². The van der Waals surface area contributed by atoms with Crippen molar-refractivity contribution in [3.63, 3.8) is 0 Å². The van der Waals surface area contributed by atoms with Gasteiger partial charge in [0, 0.05) is 24.2 Å². The number of likely N-dealkylation sites (tertiary alicyclic amines) is 1. The summed E-state index contributed by atoms with van der Waals surface area (Å²) in [6, 6.07) is 15.0. The van der Waals surface area contributed by atoms with Crippen molar-refractivity contribution in [1.82, 2.24) is 10.2 Å². The molecule has 0 spiro atoms. The number of carbonyl (C=O) groups is 3. The fourth-order valence-corrected chi connectivity index (χ4v) is 4.39. The molecule has 0 bridgehead atoms. The summed E-state index contributed by atoms with van der Waals surface area (Å²) < 4.78 is 35.8. The number of nitrogens with one attached hydrogen (secondary N) is 1. The third kappa shape index (κ3) is 5.71. The molecule has 4 rings (SSSR count). The largest absolute Gasteiger partial charge is 0.493 e. The Labute approximate surface area is 224 Å². The van der Waals surface area contributed by atoms with Crippen LogP contribution >= 0.6 is 0 Å². The lowest BCUT2D eigenvalue weighted by Gasteiger charge is -2.46. The van der Waals surface area contributed by atoms with Gasteiger partial charge in [0.05, 0.1) is 21.3 Å². The SMILES string of the molecule is COc1cc(CNC(=O)O[C@@H]2C(=O)N(Cc3ccccc3F)[C@@H]2c2ccc(C(N)=O)cc2)cc(OC)c1OC. The van der Waals surface area contributed by atoms with E-state index in [9.17, 15) is 18.8 Å². The van der Waals surface area contributed by atoms with Gasteiger partial charge in [-0.3, -0.25) is 9.59 Å². The lowest BCUT2D eigenvalue weighted by Crippen LogP contribution is -2.60. The van der Waals surface area contributed by atoms with Gasteiger partial charge in [0.1, 0.15) is 11.9 Å². The van der Waals surface area contributed by atoms with Gasteiger partial charge in [-0.1, -0.05) is 30.3 Å². The highest BCUT2D eigenvalue weighted by Crippen LogP contribution is 2.40. The van der Waals surface area contributed by atoms with Gasteiger partial charge in [-0.05, 0) is 41.5 Å². The number of hydrogen-bond donors (Lipinski definition) is 2. The third-order valence-corrected chi connectivity index (χ3v) is 6.38. The summed E-state index contributed by atoms with van der Waals surface area (Å²) in [5, 5.41) is 2.62. The van der Waals surface area contributed by atoms with Crippen molar-refractivity contribution in [2.75, 3.05) is 21.3 Å². The highest BCUT2D eigenvalue weighted by molar-refractivity contribution is 5.93. The first-order valence-electron chi connectivity index (χ1n) is 11.9. The summed E-state index contributed by atoms with van der Waals surface area (Å²) in [6.45, 7) is 0.0219. The minimum Gasteiger partial charge on any atom is -0.493 e. The van der Waals surface area contributed by atoms with Gasteiger partial charge in [-0.15, -0.1) is 0 Å². The zero-order chi connectivity index (χ0) is 28.1. The molecule has 0 saturated carbocycles. The topological polar surface area (TPSA) is 129 Å². The van der Waals surface area contributed by atoms with E-state index in [1.54, 1.807) is 42.5 Å². The molecule has 0 aromatic heterocycles. The lowest BCUT2D eigenvalue weighted by atomic mass is 9.89. The number of rotatable bonds is 10. The molecule has 1 saturated heterocycles. The highest BCUT2D eigenvalue weighted by Gasteiger charge is 2.51. The van der Waals surface area contributed by atoms with Crippen LogP contribution in [0.5, 0.6) is 17.2 Å². The number of amides is 3. The monoisotopic (exact) mass is 537 g/mol. The fraction of sp³-hybridized carbons (Fsp3) is 0.250. The van der Waals surface area contributed by atoms with E-state index in [-0.39, 0.29) is 18.7 Å². The van der Waals surface area contributed by atoms with Crippen LogP contribution in [0.1, 0.15) is 33.1 Å². The molecule has 204 valence electrons. The predicted octanol–water partition coefficient (Wildman–Crippen LogP) is 3.33. The molecule has 3 aromatic carbocycles. The number of β-lactam (4-membered cyclic amide) rings is 1. The standard InChI is InChI=1S/C28H28FN3O7/c1-36-21-12-16(13-22(37-2)24(21)38-3)14-31-28(35)39-25-23(17-8-10-18(11-9-17)26(30)33)32(27(25)34)15-19-6-4-5-7-20(19)29/h4-13,23,25H,14-15H2,1-3H3,(H2,30,33)(H,31,35)/t23-,25+/m1/s1. The molecule has 2 atom stereocenters. The van der Waals surface area contributed by atoms with Gasteiger partial charge in [-0.2, -0.15) is 0 Å². The molecule has 3 amide bonds. The first kappa shape index (κ1) is 27.2. The Kier molecular flexibility index (Phi) is 8.18. The average molecular weight is 538 g/mol. The van der Waals surface area contributed by atoms with E-state index in [0.29, 0.717) is 33.9 Å². The lowest BCUT2D eigenvalue weighted by molar-refractivity contribution is -0.169. The van der Waals surface area contributed by atoms with Gasteiger partial charge in [0.2, 0.25) is 17.8 Å². The van der Waals surface area contributed by atoms with E-state index in [1.165, 1.54) is 44.4 Å². The number of nitrogens with zero attached hydrogens (tertiary/aromatic N) is 1. The van der Waals surface area contributed by atoms with Crippen LogP contribution in [0.4, 0.5) is 9.18 Å². The summed E-state index contributed by atoms with van der Waals surface area (Å²) in [6.07, 6.45) is -1.98. The van der Waals surface area contributed by atoms with Gasteiger partial charge in [-0.25, -0.2) is 9.18 Å². The van der Waals surface area contributed by atoms with Gasteiger partial charge in [0.25, 0.3) is 5.91 Å². The number of alkyl carbamates (subject to hydrolysis) is 1. The van der Waals surface area contributed by atoms with Crippen LogP contribution in [-0.2, 0) is 22.6 Å². The highest BCUT2D eigenvalue weighted by atomic mass is 19.1. The van der Waals surface area contributed by atoms with Crippen molar-refractivity contribution in [3.8, 4) is 17.2 Å². The van der Waals surface area contributed by atoms with E-state index in [1.807, 2.05) is 0 Å². The molecule has 1 aliphatic heterocycles. The number of carbonyl (C=O) groups excluding carboxylic acids is 3. The van der Waals surface area contributed by atoms with Crippen molar-refractivity contribution in [2.45, 2.75) is 25.2 Å². The Morgan fingerprint density at radius 1 is 0.974 bits per heavy atom. The zero-order valence-corrected chi connectivity index (χ0v) is 21.6. The Morgan fingerprint density at radius 3 is 2.18 bits per heavy atom. The number of ether oxygens (including phenoxy) is 4. The van der Waals surface area contributed by atoms with Crippen molar-refractivity contribution in [3.05, 3.63) is 88.7 Å². The molecule has 39 heavy (non-hydrogen) atoms. The Bertz CT molecular complexity index is 1350. The Morgan fingerprint density at radius 2 is 1.62 bits per heavy atom. The number of nitrogens with two attached hydrogens (primary N) is 1. The molecule has 0 aliphatic carbocycles. The van der Waals surface area contributed by atoms with Crippen LogP contribution in [-0.4, -0.2) is 50.2 Å². The molecule has 3 aromatic rings. The molecule has 1 aliphatic rings. The fourth-order valence-electron chi connectivity index (χ4n) is 4.39. The molecule has 10 nitrogen and oxygen atoms in total. The maximum atomic E-state index is 14.3. The Balaban J connectivity index is 1.51. The van der Waals surface area contributed by atoms with Crippen LogP contribution in [0.2, 0.25) is 0 Å². The van der Waals surface area contributed by atoms with Crippen LogP contribution in [0.15, 0.2) is 60.7 Å². The summed E-state index contributed by atoms with van der Waals surface area (Å²) in [5.41, 5.74) is 7.17. The second kappa shape index (κ2) is 11.7. The van der Waals surface area contributed by atoms with Crippen molar-refractivity contribution in [2.24, 2.45) is 5.73 Å². The number of halogens is 1. The third-order valence-electron chi connectivity index (χ3n) is 6.38. The molecule has 0 radical (unpaired) electrons. The van der Waals surface area contributed by atoms with Gasteiger partial charge < -0.3 is 34.9 Å². The molecular weight excluding hydrogens is 509 g/mol. The summed E-state index contributed by atoms with van der Waals surface area (Å²) >= 11 is 0. The molecule has 3 N–H and O–H groups in total. The first-order valence-corrected chi connectivity index (χ1v) is 11.9.